The van der Waals surface area contributed by atoms with Crippen molar-refractivity contribution < 1.29 is 4.74 Å². The van der Waals surface area contributed by atoms with Crippen molar-refractivity contribution in [3.05, 3.63) is 18.5 Å². The van der Waals surface area contributed by atoms with Crippen molar-refractivity contribution in [3.8, 4) is 0 Å². The van der Waals surface area contributed by atoms with Gasteiger partial charge in [0.15, 0.2) is 0 Å². The van der Waals surface area contributed by atoms with Crippen molar-refractivity contribution in [2.45, 2.75) is 20.0 Å². The zero-order chi connectivity index (χ0) is 13.7. The SMILES string of the molecule is CC(C)OCCN1CCN(c2ccncc2N)CC1. The summed E-state index contributed by atoms with van der Waals surface area (Å²) in [5.74, 6) is 0. The summed E-state index contributed by atoms with van der Waals surface area (Å²) in [4.78, 5) is 8.80. The van der Waals surface area contributed by atoms with E-state index in [0.717, 1.165) is 50.7 Å². The predicted octanol–water partition coefficient (Wildman–Crippen LogP) is 1.21. The number of aromatic nitrogens is 1. The van der Waals surface area contributed by atoms with Crippen molar-refractivity contribution in [1.82, 2.24) is 9.88 Å². The van der Waals surface area contributed by atoms with E-state index < -0.39 is 0 Å². The molecule has 2 rings (SSSR count). The Balaban J connectivity index is 1.78. The lowest BCUT2D eigenvalue weighted by atomic mass is 10.2. The maximum Gasteiger partial charge on any atom is 0.0738 e. The molecule has 19 heavy (non-hydrogen) atoms. The monoisotopic (exact) mass is 264 g/mol. The molecule has 0 spiro atoms. The third kappa shape index (κ3) is 4.08. The summed E-state index contributed by atoms with van der Waals surface area (Å²) in [5, 5.41) is 0. The smallest absolute Gasteiger partial charge is 0.0738 e. The van der Waals surface area contributed by atoms with Crippen molar-refractivity contribution in [2.24, 2.45) is 0 Å². The molecule has 1 aliphatic rings. The number of ether oxygens (including phenoxy) is 1. The first-order chi connectivity index (χ1) is 9.16. The molecule has 0 saturated carbocycles. The van der Waals surface area contributed by atoms with Gasteiger partial charge in [-0.05, 0) is 19.9 Å². The van der Waals surface area contributed by atoms with Crippen LogP contribution >= 0.6 is 0 Å². The van der Waals surface area contributed by atoms with Gasteiger partial charge in [-0.1, -0.05) is 0 Å². The second-order valence-corrected chi connectivity index (χ2v) is 5.18. The lowest BCUT2D eigenvalue weighted by Crippen LogP contribution is -2.47. The van der Waals surface area contributed by atoms with E-state index in [1.54, 1.807) is 12.4 Å². The molecule has 1 fully saturated rings. The van der Waals surface area contributed by atoms with Gasteiger partial charge in [0.1, 0.15) is 0 Å². The van der Waals surface area contributed by atoms with E-state index in [9.17, 15) is 0 Å². The number of hydrogen-bond acceptors (Lipinski definition) is 5. The average molecular weight is 264 g/mol. The Hall–Kier alpha value is -1.33. The van der Waals surface area contributed by atoms with Crippen LogP contribution in [0.25, 0.3) is 0 Å². The molecule has 1 aliphatic heterocycles. The highest BCUT2D eigenvalue weighted by Gasteiger charge is 2.18. The van der Waals surface area contributed by atoms with Gasteiger partial charge < -0.3 is 15.4 Å². The summed E-state index contributed by atoms with van der Waals surface area (Å²) in [6.07, 6.45) is 3.84. The van der Waals surface area contributed by atoms with Crippen molar-refractivity contribution in [2.75, 3.05) is 50.0 Å². The summed E-state index contributed by atoms with van der Waals surface area (Å²) >= 11 is 0. The van der Waals surface area contributed by atoms with E-state index in [1.165, 1.54) is 0 Å². The van der Waals surface area contributed by atoms with Gasteiger partial charge in [0.05, 0.1) is 30.3 Å². The zero-order valence-corrected chi connectivity index (χ0v) is 11.9. The maximum atomic E-state index is 5.96. The van der Waals surface area contributed by atoms with Crippen molar-refractivity contribution >= 4 is 11.4 Å². The van der Waals surface area contributed by atoms with Crippen LogP contribution in [0.3, 0.4) is 0 Å². The fourth-order valence-electron chi connectivity index (χ4n) is 2.32. The molecule has 2 N–H and O–H groups in total. The highest BCUT2D eigenvalue weighted by atomic mass is 16.5. The third-order valence-electron chi connectivity index (χ3n) is 3.40. The van der Waals surface area contributed by atoms with Gasteiger partial charge >= 0.3 is 0 Å². The van der Waals surface area contributed by atoms with E-state index in [1.807, 2.05) is 6.07 Å². The first-order valence-electron chi connectivity index (χ1n) is 6.95. The Kier molecular flexibility index (Phi) is 4.99. The van der Waals surface area contributed by atoms with E-state index in [2.05, 4.69) is 28.6 Å². The molecule has 2 heterocycles. The number of nitrogens with two attached hydrogens (primary N) is 1. The molecule has 0 aliphatic carbocycles. The van der Waals surface area contributed by atoms with Gasteiger partial charge in [0, 0.05) is 38.9 Å². The van der Waals surface area contributed by atoms with Gasteiger partial charge in [-0.2, -0.15) is 0 Å². The number of rotatable bonds is 5. The second-order valence-electron chi connectivity index (χ2n) is 5.18. The van der Waals surface area contributed by atoms with Crippen LogP contribution in [0.2, 0.25) is 0 Å². The number of pyridine rings is 1. The molecule has 0 bridgehead atoms. The Morgan fingerprint density at radius 1 is 1.32 bits per heavy atom. The van der Waals surface area contributed by atoms with Crippen molar-refractivity contribution in [3.63, 3.8) is 0 Å². The number of nitrogens with zero attached hydrogens (tertiary/aromatic N) is 3. The molecule has 0 radical (unpaired) electrons. The van der Waals surface area contributed by atoms with E-state index in [4.69, 9.17) is 10.5 Å². The molecule has 0 amide bonds. The Morgan fingerprint density at radius 2 is 2.05 bits per heavy atom. The van der Waals surface area contributed by atoms with Crippen LogP contribution < -0.4 is 10.6 Å². The molecule has 1 saturated heterocycles. The van der Waals surface area contributed by atoms with Crippen molar-refractivity contribution in [1.29, 1.82) is 0 Å². The molecule has 106 valence electrons. The van der Waals surface area contributed by atoms with Gasteiger partial charge in [0.2, 0.25) is 0 Å². The topological polar surface area (TPSA) is 54.6 Å². The molecule has 0 aromatic carbocycles. The summed E-state index contributed by atoms with van der Waals surface area (Å²) in [6.45, 7) is 10.1. The van der Waals surface area contributed by atoms with Gasteiger partial charge in [-0.25, -0.2) is 0 Å². The van der Waals surface area contributed by atoms with Gasteiger partial charge in [-0.15, -0.1) is 0 Å². The van der Waals surface area contributed by atoms with Crippen LogP contribution in [0.15, 0.2) is 18.5 Å². The largest absolute Gasteiger partial charge is 0.396 e. The highest BCUT2D eigenvalue weighted by Crippen LogP contribution is 2.22. The minimum Gasteiger partial charge on any atom is -0.396 e. The molecule has 0 atom stereocenters. The summed E-state index contributed by atoms with van der Waals surface area (Å²) < 4.78 is 5.59. The molecule has 5 nitrogen and oxygen atoms in total. The summed E-state index contributed by atoms with van der Waals surface area (Å²) in [6, 6.07) is 1.99. The van der Waals surface area contributed by atoms with Crippen LogP contribution in [0.1, 0.15) is 13.8 Å². The minimum absolute atomic E-state index is 0.318. The van der Waals surface area contributed by atoms with E-state index in [0.29, 0.717) is 6.10 Å². The molecule has 1 aromatic heterocycles. The third-order valence-corrected chi connectivity index (χ3v) is 3.40. The number of hydrogen-bond donors (Lipinski definition) is 1. The van der Waals surface area contributed by atoms with Gasteiger partial charge in [0.25, 0.3) is 0 Å². The van der Waals surface area contributed by atoms with Crippen LogP contribution in [0, 0.1) is 0 Å². The molecule has 0 unspecified atom stereocenters. The lowest BCUT2D eigenvalue weighted by Gasteiger charge is -2.36. The van der Waals surface area contributed by atoms with Crippen LogP contribution in [0.4, 0.5) is 11.4 Å². The molecular weight excluding hydrogens is 240 g/mol. The molecule has 5 heteroatoms. The fourth-order valence-corrected chi connectivity index (χ4v) is 2.32. The van der Waals surface area contributed by atoms with Crippen LogP contribution in [-0.2, 0) is 4.74 Å². The lowest BCUT2D eigenvalue weighted by molar-refractivity contribution is 0.0579. The summed E-state index contributed by atoms with van der Waals surface area (Å²) in [7, 11) is 0. The normalized spacial score (nSPS) is 17.1. The Bertz CT molecular complexity index is 389. The molecular formula is C14H24N4O. The summed E-state index contributed by atoms with van der Waals surface area (Å²) in [5.41, 5.74) is 7.83. The standard InChI is InChI=1S/C14H24N4O/c1-12(2)19-10-9-17-5-7-18(8-6-17)14-3-4-16-11-13(14)15/h3-4,11-12H,5-10,15H2,1-2H3. The minimum atomic E-state index is 0.318. The zero-order valence-electron chi connectivity index (χ0n) is 11.9. The number of anilines is 2. The molecule has 1 aromatic rings. The van der Waals surface area contributed by atoms with Crippen LogP contribution in [0.5, 0.6) is 0 Å². The fraction of sp³-hybridized carbons (Fsp3) is 0.643. The van der Waals surface area contributed by atoms with Gasteiger partial charge in [-0.3, -0.25) is 9.88 Å². The highest BCUT2D eigenvalue weighted by molar-refractivity contribution is 5.66. The quantitative estimate of drug-likeness (QED) is 0.866. The number of nitrogen functional groups attached to an aromatic ring is 1. The second kappa shape index (κ2) is 6.73. The van der Waals surface area contributed by atoms with Crippen LogP contribution in [-0.4, -0.2) is 55.3 Å². The predicted molar refractivity (Wildman–Crippen MR) is 78.4 cm³/mol. The van der Waals surface area contributed by atoms with E-state index in [-0.39, 0.29) is 0 Å². The number of piperazine rings is 1. The maximum absolute atomic E-state index is 5.96. The van der Waals surface area contributed by atoms with E-state index >= 15 is 0 Å². The average Bonchev–Trinajstić information content (AvgIpc) is 2.40. The first kappa shape index (κ1) is 14.1. The first-order valence-corrected chi connectivity index (χ1v) is 6.95. The Morgan fingerprint density at radius 3 is 2.68 bits per heavy atom. The Labute approximate surface area is 115 Å².